The summed E-state index contributed by atoms with van der Waals surface area (Å²) in [7, 11) is 1.82. The molecule has 0 N–H and O–H groups in total. The first-order valence-electron chi connectivity index (χ1n) is 4.63. The Hall–Kier alpha value is -1.41. The van der Waals surface area contributed by atoms with Crippen LogP contribution in [-0.2, 0) is 17.2 Å². The molecule has 0 aliphatic carbocycles. The summed E-state index contributed by atoms with van der Waals surface area (Å²) >= 11 is 0. The molecule has 1 aromatic heterocycles. The van der Waals surface area contributed by atoms with Crippen LogP contribution in [0, 0.1) is 11.3 Å². The minimum Gasteiger partial charge on any atom is -0.381 e. The number of rotatable bonds is 1. The molecule has 0 aromatic carbocycles. The summed E-state index contributed by atoms with van der Waals surface area (Å²) in [5.74, 6) is 0. The van der Waals surface area contributed by atoms with Crippen LogP contribution in [-0.4, -0.2) is 28.2 Å². The first-order chi connectivity index (χ1) is 6.78. The second-order valence-corrected chi connectivity index (χ2v) is 3.55. The van der Waals surface area contributed by atoms with E-state index in [2.05, 4.69) is 16.4 Å². The van der Waals surface area contributed by atoms with Gasteiger partial charge in [0, 0.05) is 20.3 Å². The Labute approximate surface area is 82.3 Å². The molecule has 2 heterocycles. The maximum Gasteiger partial charge on any atom is 0.105 e. The second kappa shape index (κ2) is 3.39. The zero-order valence-corrected chi connectivity index (χ0v) is 8.10. The standard InChI is InChI=1S/C9H12N4O/c1-13-8(6-11-12-13)9(7-10)2-4-14-5-3-9/h6H,2-5H2,1H3. The van der Waals surface area contributed by atoms with E-state index in [4.69, 9.17) is 4.74 Å². The summed E-state index contributed by atoms with van der Waals surface area (Å²) < 4.78 is 6.94. The van der Waals surface area contributed by atoms with Crippen LogP contribution < -0.4 is 0 Å². The number of nitriles is 1. The number of aromatic nitrogens is 3. The first-order valence-corrected chi connectivity index (χ1v) is 4.63. The van der Waals surface area contributed by atoms with Gasteiger partial charge in [0.25, 0.3) is 0 Å². The summed E-state index contributed by atoms with van der Waals surface area (Å²) in [6, 6.07) is 2.38. The highest BCUT2D eigenvalue weighted by atomic mass is 16.5. The minimum absolute atomic E-state index is 0.448. The molecule has 1 saturated heterocycles. The molecular formula is C9H12N4O. The van der Waals surface area contributed by atoms with Gasteiger partial charge in [-0.3, -0.25) is 4.68 Å². The lowest BCUT2D eigenvalue weighted by molar-refractivity contribution is 0.0653. The van der Waals surface area contributed by atoms with Crippen molar-refractivity contribution < 1.29 is 4.74 Å². The predicted molar refractivity (Wildman–Crippen MR) is 48.3 cm³/mol. The van der Waals surface area contributed by atoms with E-state index >= 15 is 0 Å². The Balaban J connectivity index is 2.38. The van der Waals surface area contributed by atoms with Gasteiger partial charge < -0.3 is 4.74 Å². The Kier molecular flexibility index (Phi) is 2.22. The lowest BCUT2D eigenvalue weighted by Crippen LogP contribution is -2.34. The van der Waals surface area contributed by atoms with Gasteiger partial charge in [0.05, 0.1) is 18.0 Å². The van der Waals surface area contributed by atoms with Crippen molar-refractivity contribution in [1.82, 2.24) is 15.0 Å². The van der Waals surface area contributed by atoms with E-state index in [9.17, 15) is 5.26 Å². The number of hydrogen-bond acceptors (Lipinski definition) is 4. The zero-order chi connectivity index (χ0) is 10.0. The monoisotopic (exact) mass is 192 g/mol. The minimum atomic E-state index is -0.448. The molecule has 0 radical (unpaired) electrons. The fourth-order valence-electron chi connectivity index (χ4n) is 1.87. The van der Waals surface area contributed by atoms with Crippen molar-refractivity contribution in [3.63, 3.8) is 0 Å². The molecule has 5 nitrogen and oxygen atoms in total. The Morgan fingerprint density at radius 3 is 2.79 bits per heavy atom. The molecule has 0 saturated carbocycles. The van der Waals surface area contributed by atoms with Crippen LogP contribution in [0.2, 0.25) is 0 Å². The van der Waals surface area contributed by atoms with Crippen LogP contribution in [0.25, 0.3) is 0 Å². The van der Waals surface area contributed by atoms with Gasteiger partial charge in [0.15, 0.2) is 0 Å². The zero-order valence-electron chi connectivity index (χ0n) is 8.10. The van der Waals surface area contributed by atoms with Crippen LogP contribution in [0.3, 0.4) is 0 Å². The second-order valence-electron chi connectivity index (χ2n) is 3.55. The van der Waals surface area contributed by atoms with Crippen LogP contribution in [0.1, 0.15) is 18.5 Å². The van der Waals surface area contributed by atoms with E-state index in [-0.39, 0.29) is 0 Å². The lowest BCUT2D eigenvalue weighted by Gasteiger charge is -2.29. The third-order valence-corrected chi connectivity index (χ3v) is 2.77. The summed E-state index contributed by atoms with van der Waals surface area (Å²) in [6.07, 6.45) is 3.13. The molecule has 1 aliphatic rings. The highest BCUT2D eigenvalue weighted by Gasteiger charge is 2.37. The number of hydrogen-bond donors (Lipinski definition) is 0. The molecule has 0 amide bonds. The SMILES string of the molecule is Cn1nncc1C1(C#N)CCOCC1. The van der Waals surface area contributed by atoms with E-state index < -0.39 is 5.41 Å². The lowest BCUT2D eigenvalue weighted by atomic mass is 9.79. The van der Waals surface area contributed by atoms with Crippen molar-refractivity contribution in [2.45, 2.75) is 18.3 Å². The van der Waals surface area contributed by atoms with Gasteiger partial charge in [-0.2, -0.15) is 5.26 Å². The molecule has 0 spiro atoms. The van der Waals surface area contributed by atoms with Crippen LogP contribution in [0.15, 0.2) is 6.20 Å². The average molecular weight is 192 g/mol. The molecule has 0 unspecified atom stereocenters. The van der Waals surface area contributed by atoms with E-state index in [0.717, 1.165) is 18.5 Å². The Bertz CT molecular complexity index is 359. The van der Waals surface area contributed by atoms with Gasteiger partial charge in [-0.1, -0.05) is 5.21 Å². The smallest absolute Gasteiger partial charge is 0.105 e. The predicted octanol–water partition coefficient (Wildman–Crippen LogP) is 0.387. The molecule has 74 valence electrons. The third-order valence-electron chi connectivity index (χ3n) is 2.77. The van der Waals surface area contributed by atoms with Crippen LogP contribution in [0.5, 0.6) is 0 Å². The molecule has 1 aliphatic heterocycles. The van der Waals surface area contributed by atoms with Crippen molar-refractivity contribution in [3.05, 3.63) is 11.9 Å². The third kappa shape index (κ3) is 1.28. The van der Waals surface area contributed by atoms with Crippen molar-refractivity contribution in [3.8, 4) is 6.07 Å². The molecule has 14 heavy (non-hydrogen) atoms. The van der Waals surface area contributed by atoms with E-state index in [1.807, 2.05) is 7.05 Å². The molecule has 2 rings (SSSR count). The molecule has 0 atom stereocenters. The van der Waals surface area contributed by atoms with Gasteiger partial charge in [0.1, 0.15) is 5.41 Å². The molecule has 1 fully saturated rings. The van der Waals surface area contributed by atoms with Gasteiger partial charge in [0.2, 0.25) is 0 Å². The van der Waals surface area contributed by atoms with Crippen molar-refractivity contribution >= 4 is 0 Å². The highest BCUT2D eigenvalue weighted by molar-refractivity contribution is 5.24. The summed E-state index contributed by atoms with van der Waals surface area (Å²) in [4.78, 5) is 0. The van der Waals surface area contributed by atoms with Gasteiger partial charge in [-0.25, -0.2) is 0 Å². The van der Waals surface area contributed by atoms with Crippen LogP contribution in [0.4, 0.5) is 0 Å². The largest absolute Gasteiger partial charge is 0.381 e. The first kappa shape index (κ1) is 9.16. The topological polar surface area (TPSA) is 63.7 Å². The van der Waals surface area contributed by atoms with E-state index in [0.29, 0.717) is 13.2 Å². The van der Waals surface area contributed by atoms with E-state index in [1.54, 1.807) is 10.9 Å². The number of ether oxygens (including phenoxy) is 1. The van der Waals surface area contributed by atoms with Crippen molar-refractivity contribution in [2.24, 2.45) is 7.05 Å². The van der Waals surface area contributed by atoms with Gasteiger partial charge in [-0.05, 0) is 12.8 Å². The normalized spacial score (nSPS) is 20.3. The van der Waals surface area contributed by atoms with Crippen molar-refractivity contribution in [1.29, 1.82) is 5.26 Å². The van der Waals surface area contributed by atoms with Crippen LogP contribution >= 0.6 is 0 Å². The summed E-state index contributed by atoms with van der Waals surface area (Å²) in [5, 5.41) is 16.9. The fraction of sp³-hybridized carbons (Fsp3) is 0.667. The van der Waals surface area contributed by atoms with Crippen molar-refractivity contribution in [2.75, 3.05) is 13.2 Å². The average Bonchev–Trinajstić information content (AvgIpc) is 2.66. The Morgan fingerprint density at radius 1 is 1.57 bits per heavy atom. The summed E-state index contributed by atoms with van der Waals surface area (Å²) in [6.45, 7) is 1.28. The molecule has 0 bridgehead atoms. The van der Waals surface area contributed by atoms with Gasteiger partial charge in [-0.15, -0.1) is 5.10 Å². The van der Waals surface area contributed by atoms with E-state index in [1.165, 1.54) is 0 Å². The Morgan fingerprint density at radius 2 is 2.29 bits per heavy atom. The molecule has 5 heteroatoms. The number of aryl methyl sites for hydroxylation is 1. The quantitative estimate of drug-likeness (QED) is 0.645. The molecule has 1 aromatic rings. The highest BCUT2D eigenvalue weighted by Crippen LogP contribution is 2.32. The number of nitrogens with zero attached hydrogens (tertiary/aromatic N) is 4. The fourth-order valence-corrected chi connectivity index (χ4v) is 1.87. The molecular weight excluding hydrogens is 180 g/mol. The maximum absolute atomic E-state index is 9.26. The summed E-state index contributed by atoms with van der Waals surface area (Å²) in [5.41, 5.74) is 0.444. The maximum atomic E-state index is 9.26. The van der Waals surface area contributed by atoms with Gasteiger partial charge >= 0.3 is 0 Å².